The highest BCUT2D eigenvalue weighted by Crippen LogP contribution is 2.54. The molecule has 1 saturated heterocycles. The lowest BCUT2D eigenvalue weighted by Gasteiger charge is -2.32. The SMILES string of the molecule is CC(C)OC(=O)[C@H](C)NP(=O)(Oc1ccccc1)O[C@@H]1[C@@H](CO)O[C@@H](n2cnc3c(=O)[nH]c(N)nc32)[C@]1(C)Cl. The third-order valence-electron chi connectivity index (χ3n) is 5.84. The number of hydrogen-bond acceptors (Lipinski definition) is 11. The minimum atomic E-state index is -4.38. The number of aromatic nitrogens is 4. The topological polar surface area (TPSA) is 193 Å². The summed E-state index contributed by atoms with van der Waals surface area (Å²) in [6.07, 6.45) is -2.60. The van der Waals surface area contributed by atoms with Crippen LogP contribution in [0.15, 0.2) is 41.5 Å². The Bertz CT molecular complexity index is 1430. The summed E-state index contributed by atoms with van der Waals surface area (Å²) in [5.74, 6) is -0.649. The van der Waals surface area contributed by atoms with E-state index in [-0.39, 0.29) is 22.9 Å². The monoisotopic (exact) mass is 584 g/mol. The average Bonchev–Trinajstić information content (AvgIpc) is 3.37. The van der Waals surface area contributed by atoms with Crippen LogP contribution in [0.25, 0.3) is 11.2 Å². The average molecular weight is 585 g/mol. The first-order valence-corrected chi connectivity index (χ1v) is 14.0. The minimum Gasteiger partial charge on any atom is -0.462 e. The summed E-state index contributed by atoms with van der Waals surface area (Å²) in [4.78, 5) is 33.8. The fraction of sp³-hybridized carbons (Fsp3) is 0.478. The molecule has 0 amide bonds. The number of nitrogens with two attached hydrogens (primary N) is 1. The van der Waals surface area contributed by atoms with Crippen molar-refractivity contribution in [2.75, 3.05) is 12.3 Å². The number of nitrogens with one attached hydrogen (secondary N) is 2. The van der Waals surface area contributed by atoms with Crippen LogP contribution in [-0.4, -0.2) is 66.4 Å². The molecule has 16 heteroatoms. The summed E-state index contributed by atoms with van der Waals surface area (Å²) >= 11 is 6.97. The van der Waals surface area contributed by atoms with E-state index < -0.39 is 61.3 Å². The maximum Gasteiger partial charge on any atom is 0.459 e. The molecule has 1 aliphatic rings. The Balaban J connectivity index is 1.69. The van der Waals surface area contributed by atoms with Gasteiger partial charge >= 0.3 is 13.7 Å². The number of ether oxygens (including phenoxy) is 2. The fourth-order valence-electron chi connectivity index (χ4n) is 4.11. The molecule has 4 rings (SSSR count). The van der Waals surface area contributed by atoms with Crippen LogP contribution < -0.4 is 20.9 Å². The van der Waals surface area contributed by atoms with Gasteiger partial charge in [0.15, 0.2) is 17.4 Å². The molecule has 1 fully saturated rings. The molecular weight excluding hydrogens is 555 g/mol. The molecule has 1 aromatic carbocycles. The number of nitrogens with zero attached hydrogens (tertiary/aromatic N) is 3. The van der Waals surface area contributed by atoms with E-state index in [1.807, 2.05) is 0 Å². The summed E-state index contributed by atoms with van der Waals surface area (Å²) < 4.78 is 38.4. The van der Waals surface area contributed by atoms with E-state index in [4.69, 9.17) is 35.9 Å². The summed E-state index contributed by atoms with van der Waals surface area (Å²) in [6, 6.07) is 7.07. The maximum atomic E-state index is 14.1. The van der Waals surface area contributed by atoms with E-state index in [9.17, 15) is 19.3 Å². The number of fused-ring (bicyclic) bond motifs is 1. The lowest BCUT2D eigenvalue weighted by atomic mass is 10.0. The predicted octanol–water partition coefficient (Wildman–Crippen LogP) is 2.09. The fourth-order valence-corrected chi connectivity index (χ4v) is 6.30. The van der Waals surface area contributed by atoms with Crippen molar-refractivity contribution in [2.45, 2.75) is 63.2 Å². The van der Waals surface area contributed by atoms with Crippen LogP contribution >= 0.6 is 19.3 Å². The number of H-pyrrole nitrogens is 1. The van der Waals surface area contributed by atoms with Crippen molar-refractivity contribution in [3.05, 3.63) is 47.0 Å². The van der Waals surface area contributed by atoms with Gasteiger partial charge in [-0.3, -0.25) is 23.7 Å². The second-order valence-electron chi connectivity index (χ2n) is 9.40. The van der Waals surface area contributed by atoms with Gasteiger partial charge in [0.2, 0.25) is 5.95 Å². The Hall–Kier alpha value is -3.00. The van der Waals surface area contributed by atoms with Gasteiger partial charge in [-0.05, 0) is 39.8 Å². The Kier molecular flexibility index (Phi) is 8.36. The number of para-hydroxylation sites is 1. The number of imidazole rings is 1. The van der Waals surface area contributed by atoms with Gasteiger partial charge in [0.25, 0.3) is 5.56 Å². The second-order valence-corrected chi connectivity index (χ2v) is 11.9. The zero-order chi connectivity index (χ0) is 28.5. The number of carbonyl (C=O) groups is 1. The molecule has 0 saturated carbocycles. The predicted molar refractivity (Wildman–Crippen MR) is 141 cm³/mol. The molecule has 1 unspecified atom stereocenters. The number of rotatable bonds is 10. The van der Waals surface area contributed by atoms with E-state index in [2.05, 4.69) is 20.0 Å². The number of aliphatic hydroxyl groups is 1. The van der Waals surface area contributed by atoms with Crippen molar-refractivity contribution < 1.29 is 33.0 Å². The Morgan fingerprint density at radius 1 is 1.36 bits per heavy atom. The highest BCUT2D eigenvalue weighted by atomic mass is 35.5. The number of esters is 1. The van der Waals surface area contributed by atoms with E-state index in [0.717, 1.165) is 0 Å². The van der Waals surface area contributed by atoms with Crippen LogP contribution in [0.1, 0.15) is 33.9 Å². The first kappa shape index (κ1) is 29.0. The summed E-state index contributed by atoms with van der Waals surface area (Å²) in [6.45, 7) is 5.75. The highest BCUT2D eigenvalue weighted by molar-refractivity contribution is 7.52. The zero-order valence-electron chi connectivity index (χ0n) is 21.6. The van der Waals surface area contributed by atoms with Gasteiger partial charge in [0.1, 0.15) is 28.9 Å². The van der Waals surface area contributed by atoms with Crippen LogP contribution in [0, 0.1) is 0 Å². The van der Waals surface area contributed by atoms with Crippen LogP contribution in [0.3, 0.4) is 0 Å². The Morgan fingerprint density at radius 3 is 2.69 bits per heavy atom. The Morgan fingerprint density at radius 2 is 2.05 bits per heavy atom. The molecule has 3 aromatic rings. The maximum absolute atomic E-state index is 14.1. The van der Waals surface area contributed by atoms with Crippen LogP contribution in [0.5, 0.6) is 5.75 Å². The van der Waals surface area contributed by atoms with Gasteiger partial charge in [0, 0.05) is 0 Å². The van der Waals surface area contributed by atoms with E-state index in [1.54, 1.807) is 44.2 Å². The molecule has 0 spiro atoms. The smallest absolute Gasteiger partial charge is 0.459 e. The van der Waals surface area contributed by atoms with Gasteiger partial charge < -0.3 is 24.8 Å². The number of aliphatic hydroxyl groups excluding tert-OH is 1. The highest BCUT2D eigenvalue weighted by Gasteiger charge is 2.57. The number of benzene rings is 1. The quantitative estimate of drug-likeness (QED) is 0.154. The standard InChI is InChI=1S/C23H30ClN6O8P/c1-12(2)35-20(33)13(3)29-39(34,37-14-8-6-5-7-9-14)38-17-15(10-31)36-21(23(17,4)24)30-11-26-16-18(30)27-22(25)28-19(16)32/h5-9,11-13,15,17,21,31H,10H2,1-4H3,(H,29,34)(H3,25,27,28,32)/t13-,15+,17+,21+,23+,39?/m0/s1. The number of nitrogen functional groups attached to an aromatic ring is 1. The van der Waals surface area contributed by atoms with Gasteiger partial charge in [-0.2, -0.15) is 10.1 Å². The van der Waals surface area contributed by atoms with Crippen molar-refractivity contribution in [3.8, 4) is 5.75 Å². The Labute approximate surface area is 228 Å². The van der Waals surface area contributed by atoms with Gasteiger partial charge in [-0.1, -0.05) is 18.2 Å². The number of anilines is 1. The number of carbonyl (C=O) groups excluding carboxylic acids is 1. The van der Waals surface area contributed by atoms with Crippen molar-refractivity contribution in [2.24, 2.45) is 0 Å². The summed E-state index contributed by atoms with van der Waals surface area (Å²) in [5, 5.41) is 12.7. The third kappa shape index (κ3) is 6.11. The van der Waals surface area contributed by atoms with Crippen LogP contribution in [-0.2, 0) is 23.4 Å². The molecule has 39 heavy (non-hydrogen) atoms. The van der Waals surface area contributed by atoms with Gasteiger partial charge in [-0.15, -0.1) is 11.6 Å². The molecule has 0 bridgehead atoms. The molecule has 3 heterocycles. The number of halogens is 1. The number of alkyl halides is 1. The van der Waals surface area contributed by atoms with E-state index in [0.29, 0.717) is 0 Å². The number of aromatic amines is 1. The lowest BCUT2D eigenvalue weighted by molar-refractivity contribution is -0.149. The lowest BCUT2D eigenvalue weighted by Crippen LogP contribution is -2.44. The molecule has 6 atom stereocenters. The summed E-state index contributed by atoms with van der Waals surface area (Å²) in [5.41, 5.74) is 5.22. The van der Waals surface area contributed by atoms with Crippen LogP contribution in [0.2, 0.25) is 0 Å². The molecule has 14 nitrogen and oxygen atoms in total. The molecular formula is C23H30ClN6O8P. The van der Waals surface area contributed by atoms with Crippen molar-refractivity contribution >= 4 is 42.4 Å². The minimum absolute atomic E-state index is 0.0116. The van der Waals surface area contributed by atoms with Crippen molar-refractivity contribution in [1.82, 2.24) is 24.6 Å². The molecule has 5 N–H and O–H groups in total. The zero-order valence-corrected chi connectivity index (χ0v) is 23.3. The first-order chi connectivity index (χ1) is 18.3. The molecule has 2 aromatic heterocycles. The molecule has 0 radical (unpaired) electrons. The summed E-state index contributed by atoms with van der Waals surface area (Å²) in [7, 11) is -4.38. The molecule has 1 aliphatic heterocycles. The van der Waals surface area contributed by atoms with Crippen molar-refractivity contribution in [1.29, 1.82) is 0 Å². The second kappa shape index (κ2) is 11.2. The van der Waals surface area contributed by atoms with E-state index >= 15 is 0 Å². The van der Waals surface area contributed by atoms with Gasteiger partial charge in [0.05, 0.1) is 19.0 Å². The normalized spacial score (nSPS) is 25.5. The van der Waals surface area contributed by atoms with Crippen molar-refractivity contribution in [3.63, 3.8) is 0 Å². The van der Waals surface area contributed by atoms with E-state index in [1.165, 1.54) is 24.7 Å². The molecule has 212 valence electrons. The third-order valence-corrected chi connectivity index (χ3v) is 7.90. The molecule has 0 aliphatic carbocycles. The van der Waals surface area contributed by atoms with Gasteiger partial charge in [-0.25, -0.2) is 9.55 Å². The number of hydrogen-bond donors (Lipinski definition) is 4. The largest absolute Gasteiger partial charge is 0.462 e. The first-order valence-electron chi connectivity index (χ1n) is 12.0. The van der Waals surface area contributed by atoms with Crippen LogP contribution in [0.4, 0.5) is 5.95 Å².